The van der Waals surface area contributed by atoms with Crippen LogP contribution in [0.25, 0.3) is 49.0 Å². The molecule has 2 nitrogen and oxygen atoms in total. The second-order valence-corrected chi connectivity index (χ2v) is 9.46. The summed E-state index contributed by atoms with van der Waals surface area (Å²) in [7, 11) is 2.18. The molecule has 0 saturated carbocycles. The zero-order chi connectivity index (χ0) is 20.7. The second-order valence-electron chi connectivity index (χ2n) is 9.46. The number of pyridine rings is 2. The van der Waals surface area contributed by atoms with Crippen molar-refractivity contribution >= 4 is 49.0 Å². The quantitative estimate of drug-likeness (QED) is 0.178. The van der Waals surface area contributed by atoms with E-state index in [9.17, 15) is 0 Å². The third-order valence-corrected chi connectivity index (χ3v) is 6.69. The van der Waals surface area contributed by atoms with Gasteiger partial charge in [0.05, 0.1) is 27.3 Å². The van der Waals surface area contributed by atoms with E-state index in [1.165, 1.54) is 65.7 Å². The van der Waals surface area contributed by atoms with E-state index in [0.717, 1.165) is 6.42 Å². The first-order valence-electron chi connectivity index (χ1n) is 10.9. The van der Waals surface area contributed by atoms with Crippen molar-refractivity contribution in [2.45, 2.75) is 34.1 Å². The molecule has 30 heavy (non-hydrogen) atoms. The van der Waals surface area contributed by atoms with Gasteiger partial charge in [-0.3, -0.25) is 0 Å². The standard InChI is InChI=1S/C28H27N2/c1-16(2)12-19-14-20-10-11-29(5)28-25-18(4)7-9-22-21-8-6-17(3)13-23(21)30(27(22)25)24(15-19)26(20)28/h6-11,13-16H,12H2,1-5H3/q+1. The summed E-state index contributed by atoms with van der Waals surface area (Å²) in [4.78, 5) is 0. The van der Waals surface area contributed by atoms with E-state index in [2.05, 4.69) is 98.4 Å². The number of aromatic nitrogens is 2. The van der Waals surface area contributed by atoms with Crippen LogP contribution in [0.1, 0.15) is 30.5 Å². The summed E-state index contributed by atoms with van der Waals surface area (Å²) in [5.74, 6) is 0.635. The molecule has 3 aromatic carbocycles. The Morgan fingerprint density at radius 3 is 2.47 bits per heavy atom. The maximum absolute atomic E-state index is 2.54. The Labute approximate surface area is 176 Å². The zero-order valence-corrected chi connectivity index (χ0v) is 18.4. The van der Waals surface area contributed by atoms with E-state index in [1.54, 1.807) is 0 Å². The Bertz CT molecular complexity index is 1620. The fourth-order valence-electron chi connectivity index (χ4n) is 5.47. The minimum atomic E-state index is 0.635. The van der Waals surface area contributed by atoms with Crippen molar-refractivity contribution in [2.75, 3.05) is 0 Å². The summed E-state index contributed by atoms with van der Waals surface area (Å²) in [6.07, 6.45) is 3.32. The highest BCUT2D eigenvalue weighted by Crippen LogP contribution is 2.41. The first-order chi connectivity index (χ1) is 14.4. The first-order valence-corrected chi connectivity index (χ1v) is 10.9. The smallest absolute Gasteiger partial charge is 0.224 e. The van der Waals surface area contributed by atoms with Crippen LogP contribution in [0.5, 0.6) is 0 Å². The number of hydrogen-bond donors (Lipinski definition) is 0. The van der Waals surface area contributed by atoms with Gasteiger partial charge in [0.25, 0.3) is 0 Å². The normalized spacial score (nSPS) is 12.6. The Morgan fingerprint density at radius 1 is 0.867 bits per heavy atom. The molecule has 6 aromatic rings. The minimum absolute atomic E-state index is 0.635. The molecule has 2 heteroatoms. The molecular formula is C28H27N2+. The summed E-state index contributed by atoms with van der Waals surface area (Å²) in [5, 5.41) is 6.78. The predicted molar refractivity (Wildman–Crippen MR) is 128 cm³/mol. The van der Waals surface area contributed by atoms with Crippen LogP contribution < -0.4 is 4.57 Å². The van der Waals surface area contributed by atoms with E-state index in [0.29, 0.717) is 5.92 Å². The molecule has 0 radical (unpaired) electrons. The number of nitrogens with zero attached hydrogens (tertiary/aromatic N) is 2. The van der Waals surface area contributed by atoms with Crippen molar-refractivity contribution in [2.24, 2.45) is 13.0 Å². The third kappa shape index (κ3) is 2.22. The van der Waals surface area contributed by atoms with Gasteiger partial charge in [0.15, 0.2) is 6.20 Å². The van der Waals surface area contributed by atoms with Crippen LogP contribution in [0.15, 0.2) is 54.7 Å². The summed E-state index contributed by atoms with van der Waals surface area (Å²) in [5.41, 5.74) is 9.41. The lowest BCUT2D eigenvalue weighted by atomic mass is 9.96. The van der Waals surface area contributed by atoms with Gasteiger partial charge in [-0.25, -0.2) is 4.57 Å². The van der Waals surface area contributed by atoms with Crippen LogP contribution in [0.2, 0.25) is 0 Å². The Kier molecular flexibility index (Phi) is 3.51. The van der Waals surface area contributed by atoms with Crippen molar-refractivity contribution in [1.29, 1.82) is 0 Å². The van der Waals surface area contributed by atoms with E-state index in [1.807, 2.05) is 0 Å². The molecular weight excluding hydrogens is 364 g/mol. The number of rotatable bonds is 2. The largest absolute Gasteiger partial charge is 0.307 e. The molecule has 6 rings (SSSR count). The molecule has 0 fully saturated rings. The van der Waals surface area contributed by atoms with Gasteiger partial charge < -0.3 is 4.40 Å². The molecule has 0 atom stereocenters. The molecule has 3 aromatic heterocycles. The second kappa shape index (κ2) is 5.95. The molecule has 3 heterocycles. The van der Waals surface area contributed by atoms with Gasteiger partial charge in [0, 0.05) is 16.8 Å². The van der Waals surface area contributed by atoms with Crippen LogP contribution in [-0.4, -0.2) is 4.40 Å². The molecule has 0 aliphatic carbocycles. The van der Waals surface area contributed by atoms with Gasteiger partial charge in [-0.15, -0.1) is 0 Å². The monoisotopic (exact) mass is 391 g/mol. The lowest BCUT2D eigenvalue weighted by Crippen LogP contribution is -2.29. The van der Waals surface area contributed by atoms with E-state index in [-0.39, 0.29) is 0 Å². The molecule has 0 unspecified atom stereocenters. The topological polar surface area (TPSA) is 8.29 Å². The first kappa shape index (κ1) is 17.7. The summed E-state index contributed by atoms with van der Waals surface area (Å²) >= 11 is 0. The van der Waals surface area contributed by atoms with E-state index in [4.69, 9.17) is 0 Å². The molecule has 0 saturated heterocycles. The van der Waals surface area contributed by atoms with Gasteiger partial charge in [-0.05, 0) is 60.4 Å². The van der Waals surface area contributed by atoms with Gasteiger partial charge in [0.1, 0.15) is 7.05 Å². The number of benzene rings is 3. The van der Waals surface area contributed by atoms with E-state index >= 15 is 0 Å². The van der Waals surface area contributed by atoms with Crippen LogP contribution in [0, 0.1) is 19.8 Å². The molecule has 0 N–H and O–H groups in total. The fourth-order valence-corrected chi connectivity index (χ4v) is 5.47. The van der Waals surface area contributed by atoms with Crippen LogP contribution in [0.3, 0.4) is 0 Å². The van der Waals surface area contributed by atoms with Gasteiger partial charge in [-0.1, -0.05) is 44.2 Å². The lowest BCUT2D eigenvalue weighted by Gasteiger charge is -2.15. The van der Waals surface area contributed by atoms with Crippen LogP contribution >= 0.6 is 0 Å². The Morgan fingerprint density at radius 2 is 1.67 bits per heavy atom. The maximum Gasteiger partial charge on any atom is 0.224 e. The van der Waals surface area contributed by atoms with Gasteiger partial charge >= 0.3 is 0 Å². The van der Waals surface area contributed by atoms with Gasteiger partial charge in [0.2, 0.25) is 5.52 Å². The molecule has 148 valence electrons. The van der Waals surface area contributed by atoms with Crippen molar-refractivity contribution in [3.05, 3.63) is 71.4 Å². The highest BCUT2D eigenvalue weighted by Gasteiger charge is 2.24. The molecule has 0 aliphatic rings. The molecule has 0 aliphatic heterocycles. The lowest BCUT2D eigenvalue weighted by molar-refractivity contribution is -0.643. The average molecular weight is 392 g/mol. The van der Waals surface area contributed by atoms with Crippen LogP contribution in [0.4, 0.5) is 0 Å². The van der Waals surface area contributed by atoms with Gasteiger partial charge in [-0.2, -0.15) is 0 Å². The number of aryl methyl sites for hydroxylation is 3. The summed E-state index contributed by atoms with van der Waals surface area (Å²) in [6.45, 7) is 9.05. The van der Waals surface area contributed by atoms with E-state index < -0.39 is 0 Å². The number of hydrogen-bond acceptors (Lipinski definition) is 0. The maximum atomic E-state index is 2.54. The van der Waals surface area contributed by atoms with Crippen LogP contribution in [-0.2, 0) is 13.5 Å². The minimum Gasteiger partial charge on any atom is -0.307 e. The fraction of sp³-hybridized carbons (Fsp3) is 0.250. The Balaban J connectivity index is 2.01. The average Bonchev–Trinajstić information content (AvgIpc) is 3.02. The Hall–Kier alpha value is -3.13. The summed E-state index contributed by atoms with van der Waals surface area (Å²) in [6, 6.07) is 18.6. The van der Waals surface area contributed by atoms with Crippen molar-refractivity contribution in [1.82, 2.24) is 4.40 Å². The zero-order valence-electron chi connectivity index (χ0n) is 18.4. The third-order valence-electron chi connectivity index (χ3n) is 6.69. The molecule has 0 spiro atoms. The number of fused-ring (bicyclic) bond motifs is 5. The summed E-state index contributed by atoms with van der Waals surface area (Å²) < 4.78 is 4.85. The molecule has 0 bridgehead atoms. The SMILES string of the molecule is Cc1ccc2c3ccc(C)c4c3n(c2c1)c1cc(CC(C)C)cc2cc[n+](C)c4c21. The van der Waals surface area contributed by atoms with Crippen molar-refractivity contribution < 1.29 is 4.57 Å². The van der Waals surface area contributed by atoms with Crippen molar-refractivity contribution in [3.63, 3.8) is 0 Å². The predicted octanol–water partition coefficient (Wildman–Crippen LogP) is 6.63. The highest BCUT2D eigenvalue weighted by atomic mass is 15.0. The molecule has 0 amide bonds. The highest BCUT2D eigenvalue weighted by molar-refractivity contribution is 6.25. The van der Waals surface area contributed by atoms with Crippen molar-refractivity contribution in [3.8, 4) is 0 Å².